The number of carbonyl (C=O) groups excluding carboxylic acids is 1. The van der Waals surface area contributed by atoms with Crippen LogP contribution in [0.5, 0.6) is 5.75 Å². The van der Waals surface area contributed by atoms with Crippen LogP contribution in [0.2, 0.25) is 0 Å². The first-order valence-corrected chi connectivity index (χ1v) is 8.64. The van der Waals surface area contributed by atoms with Gasteiger partial charge in [0.1, 0.15) is 12.4 Å². The lowest BCUT2D eigenvalue weighted by Gasteiger charge is -2.11. The maximum Gasteiger partial charge on any atom is 0.252 e. The van der Waals surface area contributed by atoms with Gasteiger partial charge in [-0.15, -0.1) is 10.2 Å². The number of ether oxygens (including phenoxy) is 1. The van der Waals surface area contributed by atoms with Gasteiger partial charge >= 0.3 is 0 Å². The average molecular weight is 358 g/mol. The molecule has 0 fully saturated rings. The Morgan fingerprint density at radius 2 is 1.70 bits per heavy atom. The third-order valence-electron chi connectivity index (χ3n) is 4.19. The summed E-state index contributed by atoms with van der Waals surface area (Å²) in [6.45, 7) is 0.610. The fraction of sp³-hybridized carbons (Fsp3) is 0.0952. The van der Waals surface area contributed by atoms with Gasteiger partial charge in [0, 0.05) is 17.3 Å². The molecule has 2 aromatic carbocycles. The van der Waals surface area contributed by atoms with E-state index in [2.05, 4.69) is 15.5 Å². The quantitative estimate of drug-likeness (QED) is 0.574. The summed E-state index contributed by atoms with van der Waals surface area (Å²) in [6.07, 6.45) is 1.87. The van der Waals surface area contributed by atoms with Crippen LogP contribution in [0.4, 0.5) is 0 Å². The van der Waals surface area contributed by atoms with Crippen LogP contribution in [0, 0.1) is 0 Å². The highest BCUT2D eigenvalue weighted by Gasteiger charge is 2.13. The number of amides is 1. The number of hydrogen-bond donors (Lipinski definition) is 1. The molecule has 0 aliphatic carbocycles. The molecule has 0 unspecified atom stereocenters. The summed E-state index contributed by atoms with van der Waals surface area (Å²) < 4.78 is 7.64. The molecule has 1 N–H and O–H groups in total. The lowest BCUT2D eigenvalue weighted by molar-refractivity contribution is 0.0947. The second kappa shape index (κ2) is 7.70. The number of aromatic nitrogens is 3. The molecule has 0 saturated carbocycles. The van der Waals surface area contributed by atoms with Crippen molar-refractivity contribution < 1.29 is 9.53 Å². The van der Waals surface area contributed by atoms with Crippen molar-refractivity contribution in [2.24, 2.45) is 0 Å². The number of nitrogens with one attached hydrogen (secondary N) is 1. The van der Waals surface area contributed by atoms with E-state index in [1.165, 1.54) is 0 Å². The van der Waals surface area contributed by atoms with Gasteiger partial charge in [0.25, 0.3) is 5.91 Å². The van der Waals surface area contributed by atoms with E-state index < -0.39 is 0 Å². The van der Waals surface area contributed by atoms with E-state index in [-0.39, 0.29) is 12.5 Å². The summed E-state index contributed by atoms with van der Waals surface area (Å²) in [5.74, 6) is 1.27. The van der Waals surface area contributed by atoms with Gasteiger partial charge in [0.2, 0.25) is 0 Å². The SMILES string of the molecule is O=C(NCc1nnc2ccccn12)c1ccccc1COc1ccccc1. The van der Waals surface area contributed by atoms with Gasteiger partial charge in [0.15, 0.2) is 11.5 Å². The Morgan fingerprint density at radius 1 is 0.926 bits per heavy atom. The lowest BCUT2D eigenvalue weighted by Crippen LogP contribution is -2.25. The normalized spacial score (nSPS) is 10.7. The van der Waals surface area contributed by atoms with E-state index >= 15 is 0 Å². The Kier molecular flexibility index (Phi) is 4.78. The van der Waals surface area contributed by atoms with E-state index in [1.807, 2.05) is 77.3 Å². The molecule has 0 radical (unpaired) electrons. The van der Waals surface area contributed by atoms with Crippen LogP contribution in [0.25, 0.3) is 5.65 Å². The van der Waals surface area contributed by atoms with E-state index in [0.717, 1.165) is 17.0 Å². The van der Waals surface area contributed by atoms with Gasteiger partial charge in [-0.3, -0.25) is 9.20 Å². The van der Waals surface area contributed by atoms with E-state index in [4.69, 9.17) is 4.74 Å². The summed E-state index contributed by atoms with van der Waals surface area (Å²) in [5.41, 5.74) is 2.16. The molecule has 6 heteroatoms. The van der Waals surface area contributed by atoms with Gasteiger partial charge < -0.3 is 10.1 Å². The van der Waals surface area contributed by atoms with Crippen molar-refractivity contribution in [3.8, 4) is 5.75 Å². The zero-order valence-corrected chi connectivity index (χ0v) is 14.6. The standard InChI is InChI=1S/C21H18N4O2/c26-21(22-14-20-24-23-19-12-6-7-13-25(19)20)18-11-5-4-8-16(18)15-27-17-9-2-1-3-10-17/h1-13H,14-15H2,(H,22,26). The Bertz CT molecular complexity index is 1060. The molecule has 0 saturated heterocycles. The summed E-state index contributed by atoms with van der Waals surface area (Å²) >= 11 is 0. The molecule has 0 atom stereocenters. The molecule has 2 aromatic heterocycles. The maximum absolute atomic E-state index is 12.7. The molecule has 0 aliphatic heterocycles. The minimum atomic E-state index is -0.171. The highest BCUT2D eigenvalue weighted by atomic mass is 16.5. The number of carbonyl (C=O) groups is 1. The molecule has 2 heterocycles. The summed E-state index contributed by atoms with van der Waals surface area (Å²) in [7, 11) is 0. The minimum absolute atomic E-state index is 0.171. The van der Waals surface area contributed by atoms with Crippen LogP contribution < -0.4 is 10.1 Å². The van der Waals surface area contributed by atoms with Gasteiger partial charge in [-0.1, -0.05) is 42.5 Å². The lowest BCUT2D eigenvalue weighted by atomic mass is 10.1. The Morgan fingerprint density at radius 3 is 2.59 bits per heavy atom. The highest BCUT2D eigenvalue weighted by Crippen LogP contribution is 2.15. The summed E-state index contributed by atoms with van der Waals surface area (Å²) in [6, 6.07) is 22.6. The van der Waals surface area contributed by atoms with Crippen LogP contribution in [0.1, 0.15) is 21.7 Å². The van der Waals surface area contributed by atoms with Crippen molar-refractivity contribution in [3.63, 3.8) is 0 Å². The van der Waals surface area contributed by atoms with Crippen molar-refractivity contribution in [1.29, 1.82) is 0 Å². The number of benzene rings is 2. The Hall–Kier alpha value is -3.67. The molecule has 0 spiro atoms. The third kappa shape index (κ3) is 3.79. The third-order valence-corrected chi connectivity index (χ3v) is 4.19. The Labute approximate surface area is 156 Å². The zero-order chi connectivity index (χ0) is 18.5. The summed E-state index contributed by atoms with van der Waals surface area (Å²) in [5, 5.41) is 11.1. The number of fused-ring (bicyclic) bond motifs is 1. The monoisotopic (exact) mass is 358 g/mol. The van der Waals surface area contributed by atoms with Gasteiger partial charge in [-0.2, -0.15) is 0 Å². The maximum atomic E-state index is 12.7. The van der Waals surface area contributed by atoms with E-state index in [1.54, 1.807) is 6.07 Å². The van der Waals surface area contributed by atoms with Crippen LogP contribution in [-0.4, -0.2) is 20.5 Å². The first kappa shape index (κ1) is 16.8. The van der Waals surface area contributed by atoms with E-state index in [0.29, 0.717) is 18.0 Å². The molecule has 6 nitrogen and oxygen atoms in total. The molecule has 4 rings (SSSR count). The fourth-order valence-electron chi connectivity index (χ4n) is 2.81. The second-order valence-electron chi connectivity index (χ2n) is 5.99. The van der Waals surface area contributed by atoms with Crippen molar-refractivity contribution in [2.45, 2.75) is 13.2 Å². The van der Waals surface area contributed by atoms with Crippen LogP contribution in [-0.2, 0) is 13.2 Å². The topological polar surface area (TPSA) is 68.5 Å². The van der Waals surface area contributed by atoms with Crippen molar-refractivity contribution in [2.75, 3.05) is 0 Å². The molecule has 4 aromatic rings. The molecular weight excluding hydrogens is 340 g/mol. The largest absolute Gasteiger partial charge is 0.489 e. The second-order valence-corrected chi connectivity index (χ2v) is 5.99. The van der Waals surface area contributed by atoms with Gasteiger partial charge in [-0.05, 0) is 30.3 Å². The average Bonchev–Trinajstić information content (AvgIpc) is 3.15. The van der Waals surface area contributed by atoms with Crippen molar-refractivity contribution in [1.82, 2.24) is 19.9 Å². The molecule has 1 amide bonds. The predicted molar refractivity (Wildman–Crippen MR) is 101 cm³/mol. The number of nitrogens with zero attached hydrogens (tertiary/aromatic N) is 3. The molecule has 27 heavy (non-hydrogen) atoms. The van der Waals surface area contributed by atoms with Gasteiger partial charge in [-0.25, -0.2) is 0 Å². The molecule has 134 valence electrons. The molecule has 0 bridgehead atoms. The number of rotatable bonds is 6. The summed E-state index contributed by atoms with van der Waals surface area (Å²) in [4.78, 5) is 12.7. The van der Waals surface area contributed by atoms with Crippen LogP contribution in [0.3, 0.4) is 0 Å². The Balaban J connectivity index is 1.45. The highest BCUT2D eigenvalue weighted by molar-refractivity contribution is 5.95. The fourth-order valence-corrected chi connectivity index (χ4v) is 2.81. The first-order chi connectivity index (χ1) is 13.3. The molecule has 0 aliphatic rings. The van der Waals surface area contributed by atoms with Crippen LogP contribution in [0.15, 0.2) is 79.0 Å². The predicted octanol–water partition coefficient (Wildman–Crippen LogP) is 3.24. The van der Waals surface area contributed by atoms with Crippen molar-refractivity contribution in [3.05, 3.63) is 95.9 Å². The van der Waals surface area contributed by atoms with E-state index in [9.17, 15) is 4.79 Å². The zero-order valence-electron chi connectivity index (χ0n) is 14.6. The number of hydrogen-bond acceptors (Lipinski definition) is 4. The first-order valence-electron chi connectivity index (χ1n) is 8.64. The van der Waals surface area contributed by atoms with Gasteiger partial charge in [0.05, 0.1) is 6.54 Å². The van der Waals surface area contributed by atoms with Crippen LogP contribution >= 0.6 is 0 Å². The number of pyridine rings is 1. The van der Waals surface area contributed by atoms with Crippen molar-refractivity contribution >= 4 is 11.6 Å². The minimum Gasteiger partial charge on any atom is -0.489 e. The number of para-hydroxylation sites is 1. The molecular formula is C21H18N4O2. The smallest absolute Gasteiger partial charge is 0.252 e.